The molecule has 0 saturated heterocycles. The molecule has 0 bridgehead atoms. The highest BCUT2D eigenvalue weighted by molar-refractivity contribution is 14.2. The number of hydrogen-bond donors (Lipinski definition) is 1. The molecule has 2 nitrogen and oxygen atoms in total. The summed E-state index contributed by atoms with van der Waals surface area (Å²) in [5.41, 5.74) is 2.46. The summed E-state index contributed by atoms with van der Waals surface area (Å²) in [6.07, 6.45) is -4.27. The lowest BCUT2D eigenvalue weighted by atomic mass is 10.2. The molecule has 0 atom stereocenters. The summed E-state index contributed by atoms with van der Waals surface area (Å²) >= 11 is -0.480. The molecule has 0 fully saturated rings. The largest absolute Gasteiger partial charge is 0.416 e. The van der Waals surface area contributed by atoms with E-state index in [4.69, 9.17) is 0 Å². The molecule has 0 spiro atoms. The van der Waals surface area contributed by atoms with Gasteiger partial charge in [0.2, 0.25) is 0 Å². The predicted molar refractivity (Wildman–Crippen MR) is 50.2 cm³/mol. The molecule has 0 saturated carbocycles. The fourth-order valence-electron chi connectivity index (χ4n) is 0.973. The lowest BCUT2D eigenvalue weighted by molar-refractivity contribution is -0.137. The van der Waals surface area contributed by atoms with Gasteiger partial charge in [0.25, 0.3) is 0 Å². The maximum Gasteiger partial charge on any atom is 0.416 e. The van der Waals surface area contributed by atoms with Crippen molar-refractivity contribution < 1.29 is 13.2 Å². The zero-order valence-corrected chi connectivity index (χ0v) is 8.35. The topological polar surface area (TPSA) is 24.4 Å². The number of hydrogen-bond acceptors (Lipinski definition) is 2. The third-order valence-corrected chi connectivity index (χ3v) is 3.53. The summed E-state index contributed by atoms with van der Waals surface area (Å²) in [6, 6.07) is 3.70. The van der Waals surface area contributed by atoms with E-state index in [9.17, 15) is 13.2 Å². The van der Waals surface area contributed by atoms with E-state index in [2.05, 4.69) is 8.68 Å². The Labute approximate surface area is 82.3 Å². The van der Waals surface area contributed by atoms with Crippen LogP contribution in [0.3, 0.4) is 0 Å². The molecule has 0 aliphatic carbocycles. The SMILES string of the molecule is FC(F)(F)c1ccc2c(c1)NN=I2. The van der Waals surface area contributed by atoms with Crippen molar-refractivity contribution >= 4 is 26.7 Å². The third kappa shape index (κ3) is 1.67. The molecule has 1 N–H and O–H groups in total. The van der Waals surface area contributed by atoms with E-state index in [-0.39, 0.29) is 0 Å². The number of nitrogens with one attached hydrogen (secondary N) is 1. The van der Waals surface area contributed by atoms with Crippen LogP contribution in [-0.2, 0) is 6.18 Å². The first kappa shape index (κ1) is 8.92. The first-order valence-electron chi connectivity index (χ1n) is 3.39. The minimum absolute atomic E-state index is 0.480. The molecule has 0 amide bonds. The fraction of sp³-hybridized carbons (Fsp3) is 0.143. The Kier molecular flexibility index (Phi) is 2.01. The Hall–Kier alpha value is -0.660. The van der Waals surface area contributed by atoms with Gasteiger partial charge in [-0.3, -0.25) is 5.43 Å². The first-order chi connectivity index (χ1) is 6.07. The van der Waals surface area contributed by atoms with Crippen molar-refractivity contribution in [1.29, 1.82) is 0 Å². The Morgan fingerprint density at radius 2 is 2.08 bits per heavy atom. The molecule has 0 aromatic heterocycles. The van der Waals surface area contributed by atoms with E-state index < -0.39 is 32.8 Å². The van der Waals surface area contributed by atoms with Crippen LogP contribution in [0.15, 0.2) is 21.5 Å². The van der Waals surface area contributed by atoms with Gasteiger partial charge in [0.05, 0.1) is 35.9 Å². The molecule has 1 aliphatic heterocycles. The second kappa shape index (κ2) is 2.93. The number of nitrogens with zero attached hydrogens (tertiary/aromatic N) is 1. The smallest absolute Gasteiger partial charge is 0.272 e. The van der Waals surface area contributed by atoms with E-state index in [0.717, 1.165) is 15.7 Å². The molecule has 0 radical (unpaired) electrons. The monoisotopic (exact) mass is 300 g/mol. The van der Waals surface area contributed by atoms with E-state index in [0.29, 0.717) is 5.69 Å². The maximum absolute atomic E-state index is 12.2. The van der Waals surface area contributed by atoms with Gasteiger partial charge in [0.1, 0.15) is 0 Å². The number of fused-ring (bicyclic) bond motifs is 1. The van der Waals surface area contributed by atoms with Crippen molar-refractivity contribution in [2.24, 2.45) is 3.25 Å². The standard InChI is InChI=1S/C7H4F3IN2/c8-7(9,10)4-1-2-5-6(3-4)12-13-11-5/h1-3,12H. The second-order valence-electron chi connectivity index (χ2n) is 2.47. The average molecular weight is 300 g/mol. The van der Waals surface area contributed by atoms with Gasteiger partial charge in [-0.15, -0.1) is 3.25 Å². The van der Waals surface area contributed by atoms with Gasteiger partial charge >= 0.3 is 6.18 Å². The molecule has 13 heavy (non-hydrogen) atoms. The van der Waals surface area contributed by atoms with Crippen LogP contribution in [0.5, 0.6) is 0 Å². The van der Waals surface area contributed by atoms with Crippen LogP contribution < -0.4 is 5.43 Å². The van der Waals surface area contributed by atoms with Crippen molar-refractivity contribution in [1.82, 2.24) is 0 Å². The van der Waals surface area contributed by atoms with Gasteiger partial charge < -0.3 is 0 Å². The summed E-state index contributed by atoms with van der Waals surface area (Å²) in [4.78, 5) is 0. The molecular weight excluding hydrogens is 296 g/mol. The minimum atomic E-state index is -4.27. The van der Waals surface area contributed by atoms with Crippen molar-refractivity contribution in [2.45, 2.75) is 6.18 Å². The lowest BCUT2D eigenvalue weighted by Crippen LogP contribution is -2.05. The van der Waals surface area contributed by atoms with Gasteiger partial charge in [-0.05, 0) is 18.2 Å². The van der Waals surface area contributed by atoms with Crippen molar-refractivity contribution in [3.63, 3.8) is 0 Å². The first-order valence-corrected chi connectivity index (χ1v) is 5.43. The summed E-state index contributed by atoms with van der Waals surface area (Å²) in [6.45, 7) is 0. The maximum atomic E-state index is 12.2. The highest BCUT2D eigenvalue weighted by Crippen LogP contribution is 2.36. The normalized spacial score (nSPS) is 14.7. The van der Waals surface area contributed by atoms with E-state index in [1.807, 2.05) is 0 Å². The van der Waals surface area contributed by atoms with Crippen LogP contribution in [0.25, 0.3) is 0 Å². The van der Waals surface area contributed by atoms with Crippen molar-refractivity contribution in [2.75, 3.05) is 5.43 Å². The van der Waals surface area contributed by atoms with Crippen LogP contribution in [0.1, 0.15) is 5.56 Å². The molecule has 1 aromatic rings. The van der Waals surface area contributed by atoms with Crippen molar-refractivity contribution in [3.05, 3.63) is 27.3 Å². The second-order valence-corrected chi connectivity index (χ2v) is 4.60. The van der Waals surface area contributed by atoms with Gasteiger partial charge in [-0.2, -0.15) is 13.2 Å². The summed E-state index contributed by atoms with van der Waals surface area (Å²) in [5.74, 6) is 0. The van der Waals surface area contributed by atoms with Gasteiger partial charge in [-0.1, -0.05) is 0 Å². The van der Waals surface area contributed by atoms with Gasteiger partial charge in [0.15, 0.2) is 0 Å². The molecule has 1 heterocycles. The lowest BCUT2D eigenvalue weighted by Gasteiger charge is -2.07. The van der Waals surface area contributed by atoms with E-state index in [1.165, 1.54) is 6.07 Å². The highest BCUT2D eigenvalue weighted by atomic mass is 127. The Bertz CT molecular complexity index is 372. The fourth-order valence-corrected chi connectivity index (χ4v) is 2.49. The summed E-state index contributed by atoms with van der Waals surface area (Å²) in [7, 11) is 0. The van der Waals surface area contributed by atoms with Gasteiger partial charge in [-0.25, -0.2) is 0 Å². The van der Waals surface area contributed by atoms with Crippen LogP contribution in [0.2, 0.25) is 0 Å². The van der Waals surface area contributed by atoms with Crippen molar-refractivity contribution in [3.8, 4) is 0 Å². The molecule has 6 heteroatoms. The molecule has 0 unspecified atom stereocenters. The molecule has 70 valence electrons. The van der Waals surface area contributed by atoms with Crippen LogP contribution in [-0.4, -0.2) is 0 Å². The Balaban J connectivity index is 2.45. The quantitative estimate of drug-likeness (QED) is 0.730. The summed E-state index contributed by atoms with van der Waals surface area (Å²) in [5, 5.41) is 0. The average Bonchev–Trinajstić information content (AvgIpc) is 2.47. The number of anilines is 1. The number of alkyl halides is 3. The number of rotatable bonds is 0. The molecular formula is C7H4F3IN2. The molecule has 1 aromatic carbocycles. The van der Waals surface area contributed by atoms with Gasteiger partial charge in [0, 0.05) is 0 Å². The third-order valence-electron chi connectivity index (χ3n) is 1.59. The summed E-state index contributed by atoms with van der Waals surface area (Å²) < 4.78 is 41.4. The zero-order valence-electron chi connectivity index (χ0n) is 6.19. The molecule has 1 aliphatic rings. The Morgan fingerprint density at radius 1 is 1.31 bits per heavy atom. The molecule has 2 rings (SSSR count). The number of halogens is 4. The Morgan fingerprint density at radius 3 is 2.77 bits per heavy atom. The van der Waals surface area contributed by atoms with Crippen LogP contribution >= 0.6 is 21.0 Å². The highest BCUT2D eigenvalue weighted by Gasteiger charge is 2.31. The zero-order chi connectivity index (χ0) is 9.47. The van der Waals surface area contributed by atoms with Crippen LogP contribution in [0.4, 0.5) is 18.9 Å². The predicted octanol–water partition coefficient (Wildman–Crippen LogP) is 3.37. The van der Waals surface area contributed by atoms with Crippen LogP contribution in [0, 0.1) is 3.57 Å². The van der Waals surface area contributed by atoms with E-state index in [1.54, 1.807) is 0 Å². The number of benzene rings is 1. The van der Waals surface area contributed by atoms with E-state index >= 15 is 0 Å². The minimum Gasteiger partial charge on any atom is -0.272 e.